The molecule has 8 aromatic carbocycles. The number of rotatable bonds is 4. The SMILES string of the molecule is c1ccc(-c2cccc3oc4cc(-c5nc(-c6ccc7ccccc7c6)nc(-c6cccc7oc8ccccc8c67)n5)c5ccccc5c4c23)cc1. The third kappa shape index (κ3) is 4.39. The third-order valence-electron chi connectivity index (χ3n) is 10.1. The van der Waals surface area contributed by atoms with Crippen molar-refractivity contribution in [3.05, 3.63) is 164 Å². The number of nitrogens with zero attached hydrogens (tertiary/aromatic N) is 3. The lowest BCUT2D eigenvalue weighted by Gasteiger charge is -2.12. The van der Waals surface area contributed by atoms with Crippen LogP contribution in [0.25, 0.3) is 111 Å². The molecule has 52 heavy (non-hydrogen) atoms. The Bertz CT molecular complexity index is 3190. The highest BCUT2D eigenvalue weighted by Gasteiger charge is 2.22. The Morgan fingerprint density at radius 3 is 1.77 bits per heavy atom. The van der Waals surface area contributed by atoms with E-state index in [-0.39, 0.29) is 0 Å². The second-order valence-corrected chi connectivity index (χ2v) is 13.1. The van der Waals surface area contributed by atoms with Gasteiger partial charge < -0.3 is 8.83 Å². The topological polar surface area (TPSA) is 65.0 Å². The van der Waals surface area contributed by atoms with Gasteiger partial charge >= 0.3 is 0 Å². The van der Waals surface area contributed by atoms with Crippen molar-refractivity contribution >= 4 is 65.4 Å². The van der Waals surface area contributed by atoms with Crippen molar-refractivity contribution in [1.29, 1.82) is 0 Å². The number of hydrogen-bond acceptors (Lipinski definition) is 5. The zero-order valence-corrected chi connectivity index (χ0v) is 27.7. The second-order valence-electron chi connectivity index (χ2n) is 13.1. The lowest BCUT2D eigenvalue weighted by atomic mass is 9.94. The largest absolute Gasteiger partial charge is 0.456 e. The van der Waals surface area contributed by atoms with Gasteiger partial charge in [-0.15, -0.1) is 0 Å². The summed E-state index contributed by atoms with van der Waals surface area (Å²) in [6.45, 7) is 0. The van der Waals surface area contributed by atoms with Crippen molar-refractivity contribution in [1.82, 2.24) is 15.0 Å². The van der Waals surface area contributed by atoms with Crippen LogP contribution in [-0.2, 0) is 0 Å². The van der Waals surface area contributed by atoms with Crippen LogP contribution in [0.2, 0.25) is 0 Å². The third-order valence-corrected chi connectivity index (χ3v) is 10.1. The number of benzene rings is 8. The van der Waals surface area contributed by atoms with Crippen LogP contribution in [0.3, 0.4) is 0 Å². The molecule has 0 spiro atoms. The molecule has 5 heteroatoms. The summed E-state index contributed by atoms with van der Waals surface area (Å²) in [4.78, 5) is 15.7. The van der Waals surface area contributed by atoms with Gasteiger partial charge in [0.1, 0.15) is 22.3 Å². The van der Waals surface area contributed by atoms with Crippen LogP contribution < -0.4 is 0 Å². The van der Waals surface area contributed by atoms with Crippen molar-refractivity contribution in [3.63, 3.8) is 0 Å². The Hall–Kier alpha value is -7.11. The minimum Gasteiger partial charge on any atom is -0.456 e. The monoisotopic (exact) mass is 665 g/mol. The molecule has 0 unspecified atom stereocenters. The van der Waals surface area contributed by atoms with Gasteiger partial charge in [0.25, 0.3) is 0 Å². The molecule has 0 aliphatic rings. The summed E-state index contributed by atoms with van der Waals surface area (Å²) in [7, 11) is 0. The number of fused-ring (bicyclic) bond motifs is 9. The van der Waals surface area contributed by atoms with Crippen LogP contribution in [0.5, 0.6) is 0 Å². The Balaban J connectivity index is 1.21. The number of para-hydroxylation sites is 1. The highest BCUT2D eigenvalue weighted by atomic mass is 16.3. The highest BCUT2D eigenvalue weighted by molar-refractivity contribution is 6.25. The van der Waals surface area contributed by atoms with E-state index in [1.807, 2.05) is 42.5 Å². The maximum absolute atomic E-state index is 6.67. The molecule has 0 aliphatic heterocycles. The molecular weight excluding hydrogens is 639 g/mol. The molecule has 0 N–H and O–H groups in total. The van der Waals surface area contributed by atoms with E-state index >= 15 is 0 Å². The van der Waals surface area contributed by atoms with Gasteiger partial charge in [0, 0.05) is 38.2 Å². The van der Waals surface area contributed by atoms with E-state index in [1.165, 1.54) is 0 Å². The van der Waals surface area contributed by atoms with Gasteiger partial charge in [-0.25, -0.2) is 15.0 Å². The first kappa shape index (κ1) is 28.7. The molecule has 11 aromatic rings. The highest BCUT2D eigenvalue weighted by Crippen LogP contribution is 2.44. The fourth-order valence-corrected chi connectivity index (χ4v) is 7.76. The Morgan fingerprint density at radius 2 is 0.923 bits per heavy atom. The molecule has 3 aromatic heterocycles. The van der Waals surface area contributed by atoms with Crippen molar-refractivity contribution in [2.24, 2.45) is 0 Å². The quantitative estimate of drug-likeness (QED) is 0.187. The summed E-state index contributed by atoms with van der Waals surface area (Å²) >= 11 is 0. The standard InChI is InChI=1S/C47H27N3O2/c1-2-13-29(14-3-1)32-19-10-23-40-43(32)44-34-17-7-6-16-33(34)37(27-41(44)52-40)47-49-45(31-25-24-28-12-4-5-15-30(28)26-31)48-46(50-47)36-20-11-22-39-42(36)35-18-8-9-21-38(35)51-39/h1-27H. The first-order valence-electron chi connectivity index (χ1n) is 17.4. The molecule has 0 fully saturated rings. The van der Waals surface area contributed by atoms with E-state index in [0.29, 0.717) is 17.5 Å². The van der Waals surface area contributed by atoms with E-state index in [9.17, 15) is 0 Å². The van der Waals surface area contributed by atoms with Gasteiger partial charge in [-0.3, -0.25) is 0 Å². The lowest BCUT2D eigenvalue weighted by molar-refractivity contribution is 0.669. The van der Waals surface area contributed by atoms with Gasteiger partial charge in [-0.05, 0) is 63.0 Å². The fraction of sp³-hybridized carbons (Fsp3) is 0. The van der Waals surface area contributed by atoms with Crippen LogP contribution in [0.15, 0.2) is 173 Å². The molecule has 0 saturated heterocycles. The summed E-state index contributed by atoms with van der Waals surface area (Å²) in [5.74, 6) is 1.74. The maximum Gasteiger partial charge on any atom is 0.164 e. The van der Waals surface area contributed by atoms with Crippen molar-refractivity contribution in [2.75, 3.05) is 0 Å². The van der Waals surface area contributed by atoms with Crippen LogP contribution in [0, 0.1) is 0 Å². The molecule has 0 saturated carbocycles. The minimum absolute atomic E-state index is 0.569. The normalized spacial score (nSPS) is 11.8. The second kappa shape index (κ2) is 11.2. The van der Waals surface area contributed by atoms with Gasteiger partial charge in [0.15, 0.2) is 17.5 Å². The van der Waals surface area contributed by atoms with E-state index in [4.69, 9.17) is 23.8 Å². The molecule has 3 heterocycles. The predicted molar refractivity (Wildman–Crippen MR) is 211 cm³/mol. The van der Waals surface area contributed by atoms with Crippen LogP contribution in [0.4, 0.5) is 0 Å². The van der Waals surface area contributed by atoms with Crippen molar-refractivity contribution < 1.29 is 8.83 Å². The van der Waals surface area contributed by atoms with E-state index in [0.717, 1.165) is 93.2 Å². The van der Waals surface area contributed by atoms with Crippen molar-refractivity contribution in [2.45, 2.75) is 0 Å². The maximum atomic E-state index is 6.67. The number of aromatic nitrogens is 3. The van der Waals surface area contributed by atoms with E-state index < -0.39 is 0 Å². The molecule has 0 amide bonds. The van der Waals surface area contributed by atoms with Crippen LogP contribution >= 0.6 is 0 Å². The van der Waals surface area contributed by atoms with Crippen molar-refractivity contribution in [3.8, 4) is 45.3 Å². The van der Waals surface area contributed by atoms with E-state index in [1.54, 1.807) is 0 Å². The summed E-state index contributed by atoms with van der Waals surface area (Å²) in [6.07, 6.45) is 0. The number of hydrogen-bond donors (Lipinski definition) is 0. The zero-order chi connectivity index (χ0) is 34.2. The minimum atomic E-state index is 0.569. The average molecular weight is 666 g/mol. The van der Waals surface area contributed by atoms with Gasteiger partial charge in [-0.1, -0.05) is 133 Å². The first-order valence-corrected chi connectivity index (χ1v) is 17.4. The summed E-state index contributed by atoms with van der Waals surface area (Å²) in [5.41, 5.74) is 8.18. The van der Waals surface area contributed by atoms with E-state index in [2.05, 4.69) is 121 Å². The molecule has 0 aliphatic carbocycles. The Kier molecular flexibility index (Phi) is 6.18. The first-order chi connectivity index (χ1) is 25.8. The average Bonchev–Trinajstić information content (AvgIpc) is 3.79. The molecule has 5 nitrogen and oxygen atoms in total. The van der Waals surface area contributed by atoms with Crippen LogP contribution in [0.1, 0.15) is 0 Å². The van der Waals surface area contributed by atoms with Crippen LogP contribution in [-0.4, -0.2) is 15.0 Å². The molecular formula is C47H27N3O2. The summed E-state index contributed by atoms with van der Waals surface area (Å²) < 4.78 is 13.0. The van der Waals surface area contributed by atoms with Gasteiger partial charge in [0.05, 0.1) is 0 Å². The summed E-state index contributed by atoms with van der Waals surface area (Å²) in [6, 6.07) is 56.2. The fourth-order valence-electron chi connectivity index (χ4n) is 7.76. The molecule has 242 valence electrons. The summed E-state index contributed by atoms with van der Waals surface area (Å²) in [5, 5.41) is 8.56. The predicted octanol–water partition coefficient (Wildman–Crippen LogP) is 12.6. The molecule has 11 rings (SSSR count). The molecule has 0 bridgehead atoms. The zero-order valence-electron chi connectivity index (χ0n) is 27.7. The Morgan fingerprint density at radius 1 is 0.308 bits per heavy atom. The Labute approximate surface area is 297 Å². The number of furan rings is 2. The van der Waals surface area contributed by atoms with Gasteiger partial charge in [0.2, 0.25) is 0 Å². The molecule has 0 atom stereocenters. The van der Waals surface area contributed by atoms with Gasteiger partial charge in [-0.2, -0.15) is 0 Å². The smallest absolute Gasteiger partial charge is 0.164 e. The lowest BCUT2D eigenvalue weighted by Crippen LogP contribution is -2.01. The molecule has 0 radical (unpaired) electrons.